The molecule has 1 heterocycles. The molecule has 3 rings (SSSR count). The second-order valence-electron chi connectivity index (χ2n) is 8.26. The van der Waals surface area contributed by atoms with Crippen LogP contribution in [0.4, 0.5) is 0 Å². The molecule has 0 bridgehead atoms. The van der Waals surface area contributed by atoms with Crippen LogP contribution in [0, 0.1) is 0 Å². The molecule has 0 aliphatic carbocycles. The van der Waals surface area contributed by atoms with Crippen molar-refractivity contribution in [1.29, 1.82) is 0 Å². The lowest BCUT2D eigenvalue weighted by molar-refractivity contribution is 0.556. The molecule has 0 aliphatic heterocycles. The average Bonchev–Trinajstić information content (AvgIpc) is 2.73. The second-order valence-corrected chi connectivity index (χ2v) is 10.1. The van der Waals surface area contributed by atoms with Crippen LogP contribution >= 0.6 is 31.9 Å². The van der Waals surface area contributed by atoms with Gasteiger partial charge < -0.3 is 4.42 Å². The highest BCUT2D eigenvalue weighted by atomic mass is 79.9. The van der Waals surface area contributed by atoms with Crippen molar-refractivity contribution in [3.05, 3.63) is 44.3 Å². The summed E-state index contributed by atoms with van der Waals surface area (Å²) >= 11 is 7.34. The lowest BCUT2D eigenvalue weighted by Crippen LogP contribution is -2.11. The summed E-state index contributed by atoms with van der Waals surface area (Å²) in [5, 5.41) is 2.34. The van der Waals surface area contributed by atoms with E-state index in [0.29, 0.717) is 0 Å². The van der Waals surface area contributed by atoms with Crippen molar-refractivity contribution < 1.29 is 4.42 Å². The minimum Gasteiger partial charge on any atom is -0.455 e. The van der Waals surface area contributed by atoms with Crippen molar-refractivity contribution in [2.45, 2.75) is 52.4 Å². The molecule has 0 atom stereocenters. The van der Waals surface area contributed by atoms with E-state index in [1.807, 2.05) is 0 Å². The largest absolute Gasteiger partial charge is 0.455 e. The lowest BCUT2D eigenvalue weighted by Gasteiger charge is -2.20. The van der Waals surface area contributed by atoms with Crippen LogP contribution in [-0.2, 0) is 10.8 Å². The van der Waals surface area contributed by atoms with Gasteiger partial charge in [0.05, 0.1) is 0 Å². The number of hydrogen-bond acceptors (Lipinski definition) is 1. The maximum absolute atomic E-state index is 6.44. The zero-order valence-corrected chi connectivity index (χ0v) is 17.6. The van der Waals surface area contributed by atoms with E-state index in [-0.39, 0.29) is 10.8 Å². The van der Waals surface area contributed by atoms with Crippen molar-refractivity contribution in [2.75, 3.05) is 0 Å². The minimum atomic E-state index is 0.0229. The molecule has 0 aliphatic rings. The van der Waals surface area contributed by atoms with Crippen LogP contribution in [0.3, 0.4) is 0 Å². The Morgan fingerprint density at radius 3 is 1.30 bits per heavy atom. The average molecular weight is 438 g/mol. The molecule has 3 aromatic rings. The first kappa shape index (κ1) is 17.0. The predicted molar refractivity (Wildman–Crippen MR) is 107 cm³/mol. The van der Waals surface area contributed by atoms with Crippen LogP contribution in [0.5, 0.6) is 0 Å². The first-order valence-electron chi connectivity index (χ1n) is 7.85. The van der Waals surface area contributed by atoms with Gasteiger partial charge in [0, 0.05) is 30.8 Å². The lowest BCUT2D eigenvalue weighted by atomic mass is 9.85. The molecule has 0 spiro atoms. The Bertz CT molecular complexity index is 831. The van der Waals surface area contributed by atoms with Gasteiger partial charge in [-0.3, -0.25) is 0 Å². The van der Waals surface area contributed by atoms with Crippen LogP contribution in [0.15, 0.2) is 37.6 Å². The summed E-state index contributed by atoms with van der Waals surface area (Å²) in [4.78, 5) is 0. The SMILES string of the molecule is CC(C)(C)c1cc(Br)cc2c1oc1c(C(C)(C)C)cc(Br)cc12. The number of furan rings is 1. The summed E-state index contributed by atoms with van der Waals surface area (Å²) in [7, 11) is 0. The van der Waals surface area contributed by atoms with E-state index in [4.69, 9.17) is 4.42 Å². The van der Waals surface area contributed by atoms with E-state index >= 15 is 0 Å². The number of hydrogen-bond donors (Lipinski definition) is 0. The first-order chi connectivity index (χ1) is 10.5. The van der Waals surface area contributed by atoms with Crippen LogP contribution in [-0.4, -0.2) is 0 Å². The minimum absolute atomic E-state index is 0.0229. The Hall–Kier alpha value is -0.800. The summed E-state index contributed by atoms with van der Waals surface area (Å²) in [5.74, 6) is 0. The highest BCUT2D eigenvalue weighted by Gasteiger charge is 2.25. The van der Waals surface area contributed by atoms with E-state index in [9.17, 15) is 0 Å². The molecule has 1 nitrogen and oxygen atoms in total. The molecule has 0 unspecified atom stereocenters. The molecule has 3 heteroatoms. The quantitative estimate of drug-likeness (QED) is 0.351. The van der Waals surface area contributed by atoms with Crippen molar-refractivity contribution >= 4 is 53.8 Å². The van der Waals surface area contributed by atoms with Gasteiger partial charge in [0.15, 0.2) is 0 Å². The van der Waals surface area contributed by atoms with Gasteiger partial charge in [-0.25, -0.2) is 0 Å². The Morgan fingerprint density at radius 2 is 1.00 bits per heavy atom. The third kappa shape index (κ3) is 2.98. The van der Waals surface area contributed by atoms with E-state index in [2.05, 4.69) is 97.7 Å². The smallest absolute Gasteiger partial charge is 0.139 e. The van der Waals surface area contributed by atoms with Gasteiger partial charge in [0.1, 0.15) is 11.2 Å². The van der Waals surface area contributed by atoms with E-state index in [1.165, 1.54) is 21.9 Å². The molecule has 0 amide bonds. The monoisotopic (exact) mass is 436 g/mol. The molecular formula is C20H22Br2O. The first-order valence-corrected chi connectivity index (χ1v) is 9.43. The second kappa shape index (κ2) is 5.35. The van der Waals surface area contributed by atoms with Gasteiger partial charge in [-0.05, 0) is 35.1 Å². The third-order valence-corrected chi connectivity index (χ3v) is 5.13. The van der Waals surface area contributed by atoms with Crippen LogP contribution < -0.4 is 0 Å². The molecule has 1 aromatic heterocycles. The zero-order chi connectivity index (χ0) is 17.2. The summed E-state index contributed by atoms with van der Waals surface area (Å²) in [6.45, 7) is 13.3. The van der Waals surface area contributed by atoms with E-state index in [1.54, 1.807) is 0 Å². The number of halogens is 2. The van der Waals surface area contributed by atoms with E-state index < -0.39 is 0 Å². The Labute approximate surface area is 154 Å². The summed E-state index contributed by atoms with van der Waals surface area (Å²) in [5.41, 5.74) is 4.51. The maximum Gasteiger partial charge on any atom is 0.139 e. The summed E-state index contributed by atoms with van der Waals surface area (Å²) < 4.78 is 8.62. The van der Waals surface area contributed by atoms with E-state index in [0.717, 1.165) is 20.1 Å². The number of rotatable bonds is 0. The molecule has 0 saturated heterocycles. The zero-order valence-electron chi connectivity index (χ0n) is 14.5. The Balaban J connectivity index is 2.53. The van der Waals surface area contributed by atoms with Gasteiger partial charge in [0.2, 0.25) is 0 Å². The predicted octanol–water partition coefficient (Wildman–Crippen LogP) is 7.71. The fourth-order valence-electron chi connectivity index (χ4n) is 3.02. The normalized spacial score (nSPS) is 13.2. The highest BCUT2D eigenvalue weighted by Crippen LogP contribution is 2.42. The van der Waals surface area contributed by atoms with Gasteiger partial charge in [-0.1, -0.05) is 73.4 Å². The molecule has 2 aromatic carbocycles. The van der Waals surface area contributed by atoms with Crippen molar-refractivity contribution in [3.63, 3.8) is 0 Å². The maximum atomic E-state index is 6.44. The fraction of sp³-hybridized carbons (Fsp3) is 0.400. The molecule has 122 valence electrons. The fourth-order valence-corrected chi connectivity index (χ4v) is 3.94. The summed E-state index contributed by atoms with van der Waals surface area (Å²) in [6.07, 6.45) is 0. The standard InChI is InChI=1S/C20H22Br2O/c1-19(2,3)15-9-11(21)7-13-14-8-12(22)10-16(20(4,5)6)18(14)23-17(13)15/h7-10H,1-6H3. The Morgan fingerprint density at radius 1 is 0.652 bits per heavy atom. The van der Waals surface area contributed by atoms with Gasteiger partial charge >= 0.3 is 0 Å². The van der Waals surface area contributed by atoms with Gasteiger partial charge in [-0.15, -0.1) is 0 Å². The summed E-state index contributed by atoms with van der Waals surface area (Å²) in [6, 6.07) is 8.68. The van der Waals surface area contributed by atoms with Crippen molar-refractivity contribution in [3.8, 4) is 0 Å². The number of benzene rings is 2. The van der Waals surface area contributed by atoms with Crippen LogP contribution in [0.1, 0.15) is 52.7 Å². The molecule has 0 fully saturated rings. The third-order valence-electron chi connectivity index (χ3n) is 4.22. The molecule has 0 radical (unpaired) electrons. The Kier molecular flexibility index (Phi) is 3.97. The highest BCUT2D eigenvalue weighted by molar-refractivity contribution is 9.10. The molecule has 0 N–H and O–H groups in total. The van der Waals surface area contributed by atoms with Crippen LogP contribution in [0.25, 0.3) is 21.9 Å². The van der Waals surface area contributed by atoms with Crippen molar-refractivity contribution in [2.24, 2.45) is 0 Å². The molecular weight excluding hydrogens is 416 g/mol. The van der Waals surface area contributed by atoms with Gasteiger partial charge in [0.25, 0.3) is 0 Å². The molecule has 23 heavy (non-hydrogen) atoms. The number of fused-ring (bicyclic) bond motifs is 3. The molecule has 0 saturated carbocycles. The van der Waals surface area contributed by atoms with Gasteiger partial charge in [-0.2, -0.15) is 0 Å². The van der Waals surface area contributed by atoms with Crippen LogP contribution in [0.2, 0.25) is 0 Å². The van der Waals surface area contributed by atoms with Crippen molar-refractivity contribution in [1.82, 2.24) is 0 Å². The topological polar surface area (TPSA) is 13.1 Å².